The van der Waals surface area contributed by atoms with Crippen molar-refractivity contribution < 1.29 is 14.1 Å². The SMILES string of the molecule is COc1ccccc1N1CCN(C(=O)c2ccno2)CC1. The van der Waals surface area contributed by atoms with E-state index in [2.05, 4.69) is 10.1 Å². The molecule has 0 spiro atoms. The monoisotopic (exact) mass is 287 g/mol. The summed E-state index contributed by atoms with van der Waals surface area (Å²) in [5, 5.41) is 3.57. The van der Waals surface area contributed by atoms with Crippen molar-refractivity contribution in [2.75, 3.05) is 38.2 Å². The van der Waals surface area contributed by atoms with Crippen molar-refractivity contribution in [1.82, 2.24) is 10.1 Å². The van der Waals surface area contributed by atoms with Gasteiger partial charge in [0, 0.05) is 32.2 Å². The molecule has 0 bridgehead atoms. The molecule has 1 aromatic carbocycles. The van der Waals surface area contributed by atoms with E-state index in [0.717, 1.165) is 24.5 Å². The average Bonchev–Trinajstić information content (AvgIpc) is 3.09. The number of methoxy groups -OCH3 is 1. The minimum atomic E-state index is -0.104. The number of hydrogen-bond donors (Lipinski definition) is 0. The van der Waals surface area contributed by atoms with Crippen LogP contribution in [0, 0.1) is 0 Å². The zero-order valence-electron chi connectivity index (χ0n) is 11.9. The minimum absolute atomic E-state index is 0.104. The molecular formula is C15H17N3O3. The van der Waals surface area contributed by atoms with Gasteiger partial charge in [-0.15, -0.1) is 0 Å². The first-order valence-corrected chi connectivity index (χ1v) is 6.87. The summed E-state index contributed by atoms with van der Waals surface area (Å²) < 4.78 is 10.3. The second kappa shape index (κ2) is 5.87. The van der Waals surface area contributed by atoms with E-state index in [4.69, 9.17) is 9.26 Å². The number of carbonyl (C=O) groups excluding carboxylic acids is 1. The molecule has 110 valence electrons. The lowest BCUT2D eigenvalue weighted by Gasteiger charge is -2.36. The van der Waals surface area contributed by atoms with Gasteiger partial charge in [0.15, 0.2) is 0 Å². The second-order valence-corrected chi connectivity index (χ2v) is 4.83. The highest BCUT2D eigenvalue weighted by molar-refractivity contribution is 5.91. The van der Waals surface area contributed by atoms with Gasteiger partial charge in [-0.2, -0.15) is 0 Å². The number of ether oxygens (including phenoxy) is 1. The quantitative estimate of drug-likeness (QED) is 0.859. The van der Waals surface area contributed by atoms with Gasteiger partial charge in [-0.25, -0.2) is 0 Å². The first kappa shape index (κ1) is 13.5. The van der Waals surface area contributed by atoms with Crippen LogP contribution in [0.2, 0.25) is 0 Å². The number of amides is 1. The number of rotatable bonds is 3. The summed E-state index contributed by atoms with van der Waals surface area (Å²) >= 11 is 0. The zero-order chi connectivity index (χ0) is 14.7. The molecule has 1 aliphatic heterocycles. The Hall–Kier alpha value is -2.50. The van der Waals surface area contributed by atoms with Crippen LogP contribution in [-0.2, 0) is 0 Å². The molecule has 1 amide bonds. The van der Waals surface area contributed by atoms with E-state index in [1.54, 1.807) is 18.1 Å². The Morgan fingerprint density at radius 2 is 1.95 bits per heavy atom. The lowest BCUT2D eigenvalue weighted by molar-refractivity contribution is 0.0704. The van der Waals surface area contributed by atoms with Gasteiger partial charge in [0.05, 0.1) is 19.0 Å². The van der Waals surface area contributed by atoms with Gasteiger partial charge >= 0.3 is 0 Å². The summed E-state index contributed by atoms with van der Waals surface area (Å²) in [5.74, 6) is 1.04. The summed E-state index contributed by atoms with van der Waals surface area (Å²) in [4.78, 5) is 16.2. The van der Waals surface area contributed by atoms with Crippen LogP contribution in [0.5, 0.6) is 5.75 Å². The van der Waals surface area contributed by atoms with Crippen molar-refractivity contribution >= 4 is 11.6 Å². The Kier molecular flexibility index (Phi) is 3.77. The number of benzene rings is 1. The highest BCUT2D eigenvalue weighted by Crippen LogP contribution is 2.28. The predicted octanol–water partition coefficient (Wildman–Crippen LogP) is 1.65. The Bertz CT molecular complexity index is 604. The summed E-state index contributed by atoms with van der Waals surface area (Å²) in [6.45, 7) is 2.83. The van der Waals surface area contributed by atoms with Crippen LogP contribution in [0.25, 0.3) is 0 Å². The van der Waals surface area contributed by atoms with Crippen molar-refractivity contribution in [3.63, 3.8) is 0 Å². The molecule has 1 saturated heterocycles. The van der Waals surface area contributed by atoms with Gasteiger partial charge < -0.3 is 19.1 Å². The van der Waals surface area contributed by atoms with E-state index in [0.29, 0.717) is 18.8 Å². The average molecular weight is 287 g/mol. The van der Waals surface area contributed by atoms with Crippen LogP contribution >= 0.6 is 0 Å². The molecule has 0 unspecified atom stereocenters. The van der Waals surface area contributed by atoms with Crippen molar-refractivity contribution in [3.8, 4) is 5.75 Å². The number of nitrogens with zero attached hydrogens (tertiary/aromatic N) is 3. The molecule has 1 aliphatic rings. The Morgan fingerprint density at radius 1 is 1.19 bits per heavy atom. The van der Waals surface area contributed by atoms with Crippen LogP contribution in [0.4, 0.5) is 5.69 Å². The molecule has 0 atom stereocenters. The van der Waals surface area contributed by atoms with Crippen LogP contribution in [-0.4, -0.2) is 49.3 Å². The first-order chi connectivity index (χ1) is 10.3. The normalized spacial score (nSPS) is 15.1. The fraction of sp³-hybridized carbons (Fsp3) is 0.333. The number of para-hydroxylation sites is 2. The van der Waals surface area contributed by atoms with E-state index in [1.807, 2.05) is 24.3 Å². The third kappa shape index (κ3) is 2.69. The zero-order valence-corrected chi connectivity index (χ0v) is 11.9. The van der Waals surface area contributed by atoms with E-state index in [-0.39, 0.29) is 5.91 Å². The van der Waals surface area contributed by atoms with Crippen molar-refractivity contribution in [3.05, 3.63) is 42.3 Å². The third-order valence-corrected chi connectivity index (χ3v) is 3.64. The van der Waals surface area contributed by atoms with Gasteiger partial charge in [0.25, 0.3) is 5.91 Å². The molecule has 0 N–H and O–H groups in total. The van der Waals surface area contributed by atoms with Crippen molar-refractivity contribution in [1.29, 1.82) is 0 Å². The number of aromatic nitrogens is 1. The fourth-order valence-electron chi connectivity index (χ4n) is 2.52. The van der Waals surface area contributed by atoms with E-state index < -0.39 is 0 Å². The van der Waals surface area contributed by atoms with Gasteiger partial charge in [-0.1, -0.05) is 17.3 Å². The standard InChI is InChI=1S/C15H17N3O3/c1-20-13-5-3-2-4-12(13)17-8-10-18(11-9-17)15(19)14-6-7-16-21-14/h2-7H,8-11H2,1H3. The summed E-state index contributed by atoms with van der Waals surface area (Å²) in [6.07, 6.45) is 1.48. The van der Waals surface area contributed by atoms with Crippen LogP contribution in [0.1, 0.15) is 10.6 Å². The summed E-state index contributed by atoms with van der Waals surface area (Å²) in [6, 6.07) is 9.51. The van der Waals surface area contributed by atoms with E-state index in [1.165, 1.54) is 6.20 Å². The van der Waals surface area contributed by atoms with Crippen molar-refractivity contribution in [2.45, 2.75) is 0 Å². The summed E-state index contributed by atoms with van der Waals surface area (Å²) in [5.41, 5.74) is 1.06. The van der Waals surface area contributed by atoms with E-state index in [9.17, 15) is 4.79 Å². The molecule has 1 aromatic heterocycles. The minimum Gasteiger partial charge on any atom is -0.495 e. The second-order valence-electron chi connectivity index (χ2n) is 4.83. The molecule has 2 heterocycles. The lowest BCUT2D eigenvalue weighted by Crippen LogP contribution is -2.48. The molecule has 21 heavy (non-hydrogen) atoms. The number of anilines is 1. The highest BCUT2D eigenvalue weighted by Gasteiger charge is 2.25. The Morgan fingerprint density at radius 3 is 2.62 bits per heavy atom. The molecule has 6 heteroatoms. The Balaban J connectivity index is 1.66. The van der Waals surface area contributed by atoms with Gasteiger partial charge in [0.2, 0.25) is 5.76 Å². The highest BCUT2D eigenvalue weighted by atomic mass is 16.5. The summed E-state index contributed by atoms with van der Waals surface area (Å²) in [7, 11) is 1.67. The fourth-order valence-corrected chi connectivity index (χ4v) is 2.52. The molecule has 0 aliphatic carbocycles. The van der Waals surface area contributed by atoms with Gasteiger partial charge in [0.1, 0.15) is 5.75 Å². The first-order valence-electron chi connectivity index (χ1n) is 6.87. The predicted molar refractivity (Wildman–Crippen MR) is 77.6 cm³/mol. The van der Waals surface area contributed by atoms with Gasteiger partial charge in [-0.3, -0.25) is 4.79 Å². The topological polar surface area (TPSA) is 58.8 Å². The number of piperazine rings is 1. The maximum absolute atomic E-state index is 12.2. The maximum atomic E-state index is 12.2. The smallest absolute Gasteiger partial charge is 0.292 e. The molecule has 2 aromatic rings. The van der Waals surface area contributed by atoms with E-state index >= 15 is 0 Å². The third-order valence-electron chi connectivity index (χ3n) is 3.64. The van der Waals surface area contributed by atoms with Crippen LogP contribution in [0.15, 0.2) is 41.1 Å². The maximum Gasteiger partial charge on any atom is 0.292 e. The number of carbonyl (C=O) groups is 1. The van der Waals surface area contributed by atoms with Gasteiger partial charge in [-0.05, 0) is 12.1 Å². The van der Waals surface area contributed by atoms with Crippen LogP contribution in [0.3, 0.4) is 0 Å². The molecular weight excluding hydrogens is 270 g/mol. The molecule has 3 rings (SSSR count). The largest absolute Gasteiger partial charge is 0.495 e. The Labute approximate surface area is 122 Å². The van der Waals surface area contributed by atoms with Crippen molar-refractivity contribution in [2.24, 2.45) is 0 Å². The molecule has 6 nitrogen and oxygen atoms in total. The molecule has 1 fully saturated rings. The molecule has 0 radical (unpaired) electrons. The lowest BCUT2D eigenvalue weighted by atomic mass is 10.2. The van der Waals surface area contributed by atoms with Crippen LogP contribution < -0.4 is 9.64 Å². The molecule has 0 saturated carbocycles. The number of hydrogen-bond acceptors (Lipinski definition) is 5.